The van der Waals surface area contributed by atoms with E-state index in [1.54, 1.807) is 0 Å². The van der Waals surface area contributed by atoms with Gasteiger partial charge in [-0.3, -0.25) is 0 Å². The molecule has 8 heavy (non-hydrogen) atoms. The van der Waals surface area contributed by atoms with Crippen molar-refractivity contribution in [2.75, 3.05) is 0 Å². The van der Waals surface area contributed by atoms with Crippen LogP contribution in [-0.2, 0) is 0 Å². The first-order valence-electron chi connectivity index (χ1n) is 2.06. The summed E-state index contributed by atoms with van der Waals surface area (Å²) < 4.78 is 0. The average Bonchev–Trinajstić information content (AvgIpc) is 1.62. The predicted octanol–water partition coefficient (Wildman–Crippen LogP) is 0.395. The standard InChI is InChI=1S/C5H3N3/c1-3-7-5-8-4-2-6-1/h1,4-5H/b8-5-. The van der Waals surface area contributed by atoms with E-state index < -0.39 is 0 Å². The quantitative estimate of drug-likeness (QED) is 0.427. The van der Waals surface area contributed by atoms with E-state index in [0.717, 1.165) is 0 Å². The highest BCUT2D eigenvalue weighted by Crippen LogP contribution is 1.69. The molecule has 0 amide bonds. The fraction of sp³-hybridized carbons (Fsp3) is 0. The molecule has 1 aliphatic heterocycles. The molecule has 0 radical (unpaired) electrons. The van der Waals surface area contributed by atoms with E-state index in [1.165, 1.54) is 18.7 Å². The molecule has 0 spiro atoms. The summed E-state index contributed by atoms with van der Waals surface area (Å²) in [5, 5.41) is 0. The van der Waals surface area contributed by atoms with Crippen molar-refractivity contribution in [1.29, 1.82) is 0 Å². The van der Waals surface area contributed by atoms with E-state index in [2.05, 4.69) is 26.7 Å². The zero-order chi connectivity index (χ0) is 5.66. The van der Waals surface area contributed by atoms with Gasteiger partial charge in [-0.05, 0) is 0 Å². The molecular weight excluding hydrogens is 102 g/mol. The largest absolute Gasteiger partial charge is 0.234 e. The number of aliphatic imine (C=N–C) groups is 3. The van der Waals surface area contributed by atoms with Gasteiger partial charge in [0.15, 0.2) is 0 Å². The van der Waals surface area contributed by atoms with Gasteiger partial charge in [0.2, 0.25) is 0 Å². The monoisotopic (exact) mass is 105 g/mol. The van der Waals surface area contributed by atoms with Crippen LogP contribution in [0.2, 0.25) is 0 Å². The van der Waals surface area contributed by atoms with Gasteiger partial charge in [-0.15, -0.1) is 0 Å². The van der Waals surface area contributed by atoms with Gasteiger partial charge in [-0.1, -0.05) is 0 Å². The molecule has 0 unspecified atom stereocenters. The molecule has 0 aliphatic carbocycles. The number of nitrogens with zero attached hydrogens (tertiary/aromatic N) is 3. The average molecular weight is 105 g/mol. The van der Waals surface area contributed by atoms with Crippen LogP contribution in [0.1, 0.15) is 0 Å². The molecule has 1 aliphatic rings. The van der Waals surface area contributed by atoms with E-state index in [0.29, 0.717) is 0 Å². The number of rotatable bonds is 0. The maximum Gasteiger partial charge on any atom is 0.126 e. The topological polar surface area (TPSA) is 37.1 Å². The molecule has 0 bridgehead atoms. The maximum absolute atomic E-state index is 3.63. The molecule has 0 saturated carbocycles. The Morgan fingerprint density at radius 3 is 2.88 bits per heavy atom. The Morgan fingerprint density at radius 2 is 1.88 bits per heavy atom. The first-order chi connectivity index (χ1) is 4.00. The first-order valence-corrected chi connectivity index (χ1v) is 2.06. The van der Waals surface area contributed by atoms with Crippen LogP contribution < -0.4 is 0 Å². The summed E-state index contributed by atoms with van der Waals surface area (Å²) in [6, 6.07) is 0. The summed E-state index contributed by atoms with van der Waals surface area (Å²) >= 11 is 0. The Labute approximate surface area is 46.5 Å². The van der Waals surface area contributed by atoms with E-state index in [4.69, 9.17) is 0 Å². The minimum atomic E-state index is 1.37. The van der Waals surface area contributed by atoms with E-state index in [1.807, 2.05) is 0 Å². The van der Waals surface area contributed by atoms with Crippen LogP contribution in [0, 0.1) is 0 Å². The van der Waals surface area contributed by atoms with Crippen molar-refractivity contribution in [3.05, 3.63) is 12.4 Å². The minimum absolute atomic E-state index is 1.37. The molecule has 38 valence electrons. The van der Waals surface area contributed by atoms with Crippen LogP contribution in [-0.4, -0.2) is 18.1 Å². The normalized spacial score (nSPS) is 18.0. The molecular formula is C5H3N3. The molecule has 1 rings (SSSR count). The smallest absolute Gasteiger partial charge is 0.126 e. The Hall–Kier alpha value is -1.43. The summed E-state index contributed by atoms with van der Waals surface area (Å²) in [4.78, 5) is 10.8. The highest BCUT2D eigenvalue weighted by molar-refractivity contribution is 5.72. The minimum Gasteiger partial charge on any atom is -0.234 e. The molecule has 1 heterocycles. The summed E-state index contributed by atoms with van der Waals surface area (Å²) in [7, 11) is 0. The second-order valence-corrected chi connectivity index (χ2v) is 1.04. The number of hydrogen-bond donors (Lipinski definition) is 0. The lowest BCUT2D eigenvalue weighted by atomic mass is 10.9. The van der Waals surface area contributed by atoms with Crippen molar-refractivity contribution >= 4 is 18.1 Å². The van der Waals surface area contributed by atoms with E-state index in [-0.39, 0.29) is 0 Å². The predicted molar refractivity (Wildman–Crippen MR) is 32.5 cm³/mol. The van der Waals surface area contributed by atoms with Crippen LogP contribution >= 0.6 is 0 Å². The third kappa shape index (κ3) is 1.35. The summed E-state index contributed by atoms with van der Waals surface area (Å²) in [5.74, 6) is 5.00. The molecule has 0 fully saturated rings. The van der Waals surface area contributed by atoms with Crippen molar-refractivity contribution in [3.63, 3.8) is 0 Å². The first kappa shape index (κ1) is 4.72. The second-order valence-electron chi connectivity index (χ2n) is 1.04. The molecule has 0 N–H and O–H groups in total. The maximum atomic E-state index is 3.63. The van der Waals surface area contributed by atoms with Crippen molar-refractivity contribution in [2.45, 2.75) is 0 Å². The highest BCUT2D eigenvalue weighted by Gasteiger charge is 1.61. The van der Waals surface area contributed by atoms with Crippen molar-refractivity contribution in [1.82, 2.24) is 0 Å². The Morgan fingerprint density at radius 1 is 1.00 bits per heavy atom. The van der Waals surface area contributed by atoms with Gasteiger partial charge in [0.25, 0.3) is 0 Å². The third-order valence-electron chi connectivity index (χ3n) is 0.528. The Kier molecular flexibility index (Phi) is 1.59. The summed E-state index contributed by atoms with van der Waals surface area (Å²) in [6.45, 7) is 0. The second kappa shape index (κ2) is 2.69. The fourth-order valence-electron chi connectivity index (χ4n) is 0.266. The number of hydrogen-bond acceptors (Lipinski definition) is 3. The van der Waals surface area contributed by atoms with Gasteiger partial charge in [-0.25, -0.2) is 9.98 Å². The molecule has 0 atom stereocenters. The summed E-state index contributed by atoms with van der Waals surface area (Å²) in [6.07, 6.45) is 4.22. The molecule has 3 heteroatoms. The zero-order valence-electron chi connectivity index (χ0n) is 4.07. The Balaban J connectivity index is 2.98. The lowest BCUT2D eigenvalue weighted by molar-refractivity contribution is 1.55. The van der Waals surface area contributed by atoms with Crippen LogP contribution in [0.15, 0.2) is 27.4 Å². The van der Waals surface area contributed by atoms with Crippen LogP contribution in [0.25, 0.3) is 0 Å². The van der Waals surface area contributed by atoms with Gasteiger partial charge in [0, 0.05) is 11.7 Å². The van der Waals surface area contributed by atoms with E-state index in [9.17, 15) is 0 Å². The van der Waals surface area contributed by atoms with Gasteiger partial charge < -0.3 is 0 Å². The van der Waals surface area contributed by atoms with Crippen molar-refractivity contribution in [2.24, 2.45) is 15.0 Å². The van der Waals surface area contributed by atoms with Gasteiger partial charge in [-0.2, -0.15) is 4.99 Å². The molecule has 0 aromatic carbocycles. The SMILES string of the molecule is C1=C/N=C\N=C=CN=1. The zero-order valence-corrected chi connectivity index (χ0v) is 4.07. The van der Waals surface area contributed by atoms with Gasteiger partial charge in [0.05, 0.1) is 12.4 Å². The van der Waals surface area contributed by atoms with Crippen LogP contribution in [0.3, 0.4) is 0 Å². The molecule has 0 aromatic heterocycles. The van der Waals surface area contributed by atoms with Crippen molar-refractivity contribution in [3.8, 4) is 0 Å². The molecule has 0 aromatic rings. The highest BCUT2D eigenvalue weighted by atomic mass is 14.8. The lowest BCUT2D eigenvalue weighted by Crippen LogP contribution is -1.65. The van der Waals surface area contributed by atoms with Crippen molar-refractivity contribution < 1.29 is 0 Å². The summed E-state index contributed by atoms with van der Waals surface area (Å²) in [5.41, 5.74) is 0. The van der Waals surface area contributed by atoms with Crippen LogP contribution in [0.5, 0.6) is 0 Å². The van der Waals surface area contributed by atoms with Gasteiger partial charge in [0.1, 0.15) is 6.34 Å². The van der Waals surface area contributed by atoms with Gasteiger partial charge >= 0.3 is 0 Å². The lowest BCUT2D eigenvalue weighted by Gasteiger charge is -1.69. The molecule has 0 saturated heterocycles. The van der Waals surface area contributed by atoms with Crippen LogP contribution in [0.4, 0.5) is 0 Å². The third-order valence-corrected chi connectivity index (χ3v) is 0.528. The molecule has 3 nitrogen and oxygen atoms in total. The fourth-order valence-corrected chi connectivity index (χ4v) is 0.266. The van der Waals surface area contributed by atoms with E-state index >= 15 is 0 Å². The Bertz CT molecular complexity index is 188.